The predicted molar refractivity (Wildman–Crippen MR) is 91.6 cm³/mol. The Balaban J connectivity index is 1.82. The van der Waals surface area contributed by atoms with Crippen LogP contribution < -0.4 is 11.1 Å². The second-order valence-electron chi connectivity index (χ2n) is 7.56. The highest BCUT2D eigenvalue weighted by Crippen LogP contribution is 2.24. The summed E-state index contributed by atoms with van der Waals surface area (Å²) in [5, 5.41) is 3.83. The second-order valence-corrected chi connectivity index (χ2v) is 7.56. The van der Waals surface area contributed by atoms with Crippen molar-refractivity contribution in [3.8, 4) is 0 Å². The van der Waals surface area contributed by atoms with Gasteiger partial charge in [-0.25, -0.2) is 0 Å². The van der Waals surface area contributed by atoms with Gasteiger partial charge in [-0.05, 0) is 39.5 Å². The summed E-state index contributed by atoms with van der Waals surface area (Å²) in [4.78, 5) is 2.71. The fourth-order valence-corrected chi connectivity index (χ4v) is 4.20. The van der Waals surface area contributed by atoms with Crippen molar-refractivity contribution >= 4 is 0 Å². The van der Waals surface area contributed by atoms with E-state index >= 15 is 0 Å². The van der Waals surface area contributed by atoms with Crippen molar-refractivity contribution in [2.45, 2.75) is 102 Å². The molecule has 2 aliphatic carbocycles. The number of hydrogen-bond acceptors (Lipinski definition) is 3. The SMILES string of the molecule is CC(N)CN(C(C)CNC1CCCCC1)C1CCCCC1. The van der Waals surface area contributed by atoms with E-state index < -0.39 is 0 Å². The molecule has 0 saturated heterocycles. The topological polar surface area (TPSA) is 41.3 Å². The van der Waals surface area contributed by atoms with E-state index in [1.807, 2.05) is 0 Å². The van der Waals surface area contributed by atoms with Crippen LogP contribution >= 0.6 is 0 Å². The third-order valence-corrected chi connectivity index (χ3v) is 5.42. The van der Waals surface area contributed by atoms with Gasteiger partial charge in [0.1, 0.15) is 0 Å². The fraction of sp³-hybridized carbons (Fsp3) is 1.00. The predicted octanol–water partition coefficient (Wildman–Crippen LogP) is 3.28. The first-order valence-electron chi connectivity index (χ1n) is 9.41. The summed E-state index contributed by atoms with van der Waals surface area (Å²) in [6.07, 6.45) is 14.0. The molecule has 3 nitrogen and oxygen atoms in total. The van der Waals surface area contributed by atoms with Gasteiger partial charge in [-0.2, -0.15) is 0 Å². The van der Waals surface area contributed by atoms with E-state index in [9.17, 15) is 0 Å². The van der Waals surface area contributed by atoms with Crippen LogP contribution in [0.3, 0.4) is 0 Å². The number of nitrogens with zero attached hydrogens (tertiary/aromatic N) is 1. The smallest absolute Gasteiger partial charge is 0.0196 e. The summed E-state index contributed by atoms with van der Waals surface area (Å²) < 4.78 is 0. The Morgan fingerprint density at radius 1 is 0.952 bits per heavy atom. The average Bonchev–Trinajstić information content (AvgIpc) is 2.52. The van der Waals surface area contributed by atoms with Crippen LogP contribution in [0.15, 0.2) is 0 Å². The van der Waals surface area contributed by atoms with Crippen molar-refractivity contribution in [1.29, 1.82) is 0 Å². The van der Waals surface area contributed by atoms with Gasteiger partial charge in [0, 0.05) is 37.3 Å². The van der Waals surface area contributed by atoms with Crippen LogP contribution in [0, 0.1) is 0 Å². The Hall–Kier alpha value is -0.120. The maximum atomic E-state index is 6.11. The highest BCUT2D eigenvalue weighted by atomic mass is 15.2. The molecule has 2 aliphatic rings. The summed E-state index contributed by atoms with van der Waals surface area (Å²) >= 11 is 0. The molecule has 124 valence electrons. The van der Waals surface area contributed by atoms with E-state index in [2.05, 4.69) is 24.1 Å². The van der Waals surface area contributed by atoms with Gasteiger partial charge in [-0.1, -0.05) is 38.5 Å². The average molecular weight is 296 g/mol. The lowest BCUT2D eigenvalue weighted by molar-refractivity contribution is 0.102. The van der Waals surface area contributed by atoms with E-state index in [0.717, 1.165) is 25.2 Å². The molecular formula is C18H37N3. The van der Waals surface area contributed by atoms with Gasteiger partial charge in [0.05, 0.1) is 0 Å². The molecule has 0 amide bonds. The minimum atomic E-state index is 0.282. The van der Waals surface area contributed by atoms with Crippen molar-refractivity contribution in [3.05, 3.63) is 0 Å². The van der Waals surface area contributed by atoms with Gasteiger partial charge in [-0.3, -0.25) is 4.90 Å². The fourth-order valence-electron chi connectivity index (χ4n) is 4.20. The summed E-state index contributed by atoms with van der Waals surface area (Å²) in [6.45, 7) is 6.73. The van der Waals surface area contributed by atoms with Crippen molar-refractivity contribution in [3.63, 3.8) is 0 Å². The third-order valence-electron chi connectivity index (χ3n) is 5.42. The monoisotopic (exact) mass is 295 g/mol. The Kier molecular flexibility index (Phi) is 7.48. The van der Waals surface area contributed by atoms with Crippen LogP contribution in [0.25, 0.3) is 0 Å². The normalized spacial score (nSPS) is 25.1. The van der Waals surface area contributed by atoms with Gasteiger partial charge in [0.15, 0.2) is 0 Å². The molecule has 3 N–H and O–H groups in total. The first-order chi connectivity index (χ1) is 10.2. The lowest BCUT2D eigenvalue weighted by Gasteiger charge is -2.40. The van der Waals surface area contributed by atoms with Crippen molar-refractivity contribution in [2.24, 2.45) is 5.73 Å². The molecule has 0 bridgehead atoms. The first kappa shape index (κ1) is 17.2. The summed E-state index contributed by atoms with van der Waals surface area (Å²) in [7, 11) is 0. The van der Waals surface area contributed by atoms with Gasteiger partial charge in [-0.15, -0.1) is 0 Å². The lowest BCUT2D eigenvalue weighted by atomic mass is 9.92. The second kappa shape index (κ2) is 9.12. The number of rotatable bonds is 7. The molecule has 0 aromatic rings. The maximum Gasteiger partial charge on any atom is 0.0196 e. The zero-order valence-electron chi connectivity index (χ0n) is 14.3. The Bertz CT molecular complexity index is 268. The van der Waals surface area contributed by atoms with Crippen LogP contribution in [-0.4, -0.2) is 42.2 Å². The van der Waals surface area contributed by atoms with Gasteiger partial charge in [0.25, 0.3) is 0 Å². The molecule has 0 aliphatic heterocycles. The lowest BCUT2D eigenvalue weighted by Crippen LogP contribution is -2.52. The van der Waals surface area contributed by atoms with E-state index in [0.29, 0.717) is 6.04 Å². The minimum absolute atomic E-state index is 0.282. The molecule has 2 atom stereocenters. The van der Waals surface area contributed by atoms with Gasteiger partial charge >= 0.3 is 0 Å². The highest BCUT2D eigenvalue weighted by Gasteiger charge is 2.26. The summed E-state index contributed by atoms with van der Waals surface area (Å²) in [5.74, 6) is 0. The number of hydrogen-bond donors (Lipinski definition) is 2. The Morgan fingerprint density at radius 3 is 2.10 bits per heavy atom. The van der Waals surface area contributed by atoms with Gasteiger partial charge in [0.2, 0.25) is 0 Å². The van der Waals surface area contributed by atoms with Crippen molar-refractivity contribution in [2.75, 3.05) is 13.1 Å². The quantitative estimate of drug-likeness (QED) is 0.757. The highest BCUT2D eigenvalue weighted by molar-refractivity contribution is 4.84. The Morgan fingerprint density at radius 2 is 1.52 bits per heavy atom. The molecule has 3 heteroatoms. The minimum Gasteiger partial charge on any atom is -0.327 e. The number of nitrogens with one attached hydrogen (secondary N) is 1. The molecule has 0 spiro atoms. The molecule has 0 aromatic heterocycles. The van der Waals surface area contributed by atoms with Crippen LogP contribution in [0.2, 0.25) is 0 Å². The third kappa shape index (κ3) is 5.88. The Labute approximate surface area is 132 Å². The number of nitrogens with two attached hydrogens (primary N) is 1. The zero-order valence-corrected chi connectivity index (χ0v) is 14.3. The zero-order chi connectivity index (χ0) is 15.1. The molecule has 2 rings (SSSR count). The molecule has 0 aromatic carbocycles. The largest absolute Gasteiger partial charge is 0.327 e. The molecule has 2 saturated carbocycles. The van der Waals surface area contributed by atoms with Crippen LogP contribution in [0.1, 0.15) is 78.1 Å². The van der Waals surface area contributed by atoms with E-state index in [4.69, 9.17) is 5.73 Å². The molecule has 0 heterocycles. The summed E-state index contributed by atoms with van der Waals surface area (Å²) in [6, 6.07) is 2.43. The van der Waals surface area contributed by atoms with E-state index in [1.165, 1.54) is 64.2 Å². The molecular weight excluding hydrogens is 258 g/mol. The van der Waals surface area contributed by atoms with E-state index in [-0.39, 0.29) is 6.04 Å². The first-order valence-corrected chi connectivity index (χ1v) is 9.41. The van der Waals surface area contributed by atoms with Gasteiger partial charge < -0.3 is 11.1 Å². The van der Waals surface area contributed by atoms with Crippen LogP contribution in [-0.2, 0) is 0 Å². The molecule has 2 fully saturated rings. The van der Waals surface area contributed by atoms with E-state index in [1.54, 1.807) is 0 Å². The molecule has 21 heavy (non-hydrogen) atoms. The molecule has 2 unspecified atom stereocenters. The van der Waals surface area contributed by atoms with Crippen LogP contribution in [0.4, 0.5) is 0 Å². The summed E-state index contributed by atoms with van der Waals surface area (Å²) in [5.41, 5.74) is 6.11. The van der Waals surface area contributed by atoms with Crippen molar-refractivity contribution in [1.82, 2.24) is 10.2 Å². The maximum absolute atomic E-state index is 6.11. The van der Waals surface area contributed by atoms with Crippen molar-refractivity contribution < 1.29 is 0 Å². The standard InChI is InChI=1S/C18H37N3/c1-15(19)14-21(18-11-7-4-8-12-18)16(2)13-20-17-9-5-3-6-10-17/h15-18,20H,3-14,19H2,1-2H3. The van der Waals surface area contributed by atoms with Crippen LogP contribution in [0.5, 0.6) is 0 Å². The molecule has 0 radical (unpaired) electrons.